The van der Waals surface area contributed by atoms with Crippen molar-refractivity contribution in [3.05, 3.63) is 53.6 Å². The third kappa shape index (κ3) is 2.14. The largest absolute Gasteiger partial charge is 0.495 e. The Balaban J connectivity index is 2.60. The third-order valence-corrected chi connectivity index (χ3v) is 2.71. The molecule has 0 aromatic heterocycles. The Morgan fingerprint density at radius 1 is 1.06 bits per heavy atom. The Labute approximate surface area is 101 Å². The van der Waals surface area contributed by atoms with Crippen molar-refractivity contribution in [1.29, 1.82) is 5.26 Å². The van der Waals surface area contributed by atoms with Crippen molar-refractivity contribution in [2.45, 2.75) is 6.92 Å². The fourth-order valence-electron chi connectivity index (χ4n) is 1.93. The van der Waals surface area contributed by atoms with E-state index >= 15 is 0 Å². The second-order valence-electron chi connectivity index (χ2n) is 3.85. The van der Waals surface area contributed by atoms with Gasteiger partial charge in [0.15, 0.2) is 0 Å². The van der Waals surface area contributed by atoms with Crippen molar-refractivity contribution in [2.75, 3.05) is 7.11 Å². The highest BCUT2D eigenvalue weighted by Crippen LogP contribution is 2.29. The molecule has 0 heterocycles. The zero-order chi connectivity index (χ0) is 12.3. The lowest BCUT2D eigenvalue weighted by molar-refractivity contribution is 0.410. The van der Waals surface area contributed by atoms with Crippen LogP contribution in [0.2, 0.25) is 0 Å². The van der Waals surface area contributed by atoms with Crippen molar-refractivity contribution in [2.24, 2.45) is 0 Å². The zero-order valence-corrected chi connectivity index (χ0v) is 9.90. The molecule has 0 aliphatic rings. The summed E-state index contributed by atoms with van der Waals surface area (Å²) in [7, 11) is 1.59. The first-order chi connectivity index (χ1) is 8.26. The monoisotopic (exact) mass is 223 g/mol. The van der Waals surface area contributed by atoms with Crippen LogP contribution >= 0.6 is 0 Å². The molecule has 0 radical (unpaired) electrons. The lowest BCUT2D eigenvalue weighted by Gasteiger charge is -2.09. The summed E-state index contributed by atoms with van der Waals surface area (Å²) in [4.78, 5) is 0. The summed E-state index contributed by atoms with van der Waals surface area (Å²) < 4.78 is 5.24. The van der Waals surface area contributed by atoms with Crippen LogP contribution in [0.5, 0.6) is 5.75 Å². The number of aryl methyl sites for hydroxylation is 1. The normalized spacial score (nSPS) is 9.71. The zero-order valence-electron chi connectivity index (χ0n) is 9.90. The molecule has 0 fully saturated rings. The van der Waals surface area contributed by atoms with Gasteiger partial charge in [0.05, 0.1) is 12.7 Å². The molecule has 0 bridgehead atoms. The number of nitriles is 1. The third-order valence-electron chi connectivity index (χ3n) is 2.71. The maximum absolute atomic E-state index is 9.12. The summed E-state index contributed by atoms with van der Waals surface area (Å²) in [6.07, 6.45) is 0. The minimum absolute atomic E-state index is 0.575. The van der Waals surface area contributed by atoms with E-state index in [0.717, 1.165) is 16.7 Å². The second-order valence-corrected chi connectivity index (χ2v) is 3.85. The topological polar surface area (TPSA) is 33.0 Å². The molecule has 0 aliphatic heterocycles. The fourth-order valence-corrected chi connectivity index (χ4v) is 1.93. The van der Waals surface area contributed by atoms with Crippen LogP contribution in [0, 0.1) is 18.3 Å². The van der Waals surface area contributed by atoms with Gasteiger partial charge in [-0.05, 0) is 35.7 Å². The van der Waals surface area contributed by atoms with Gasteiger partial charge in [0, 0.05) is 0 Å². The Morgan fingerprint density at radius 2 is 1.76 bits per heavy atom. The van der Waals surface area contributed by atoms with E-state index in [1.807, 2.05) is 49.4 Å². The van der Waals surface area contributed by atoms with Crippen molar-refractivity contribution in [3.8, 4) is 22.9 Å². The first-order valence-corrected chi connectivity index (χ1v) is 5.40. The Bertz CT molecular complexity index is 567. The fraction of sp³-hybridized carbons (Fsp3) is 0.133. The number of hydrogen-bond acceptors (Lipinski definition) is 2. The summed E-state index contributed by atoms with van der Waals surface area (Å²) in [6, 6.07) is 16.1. The quantitative estimate of drug-likeness (QED) is 0.780. The molecule has 2 aromatic rings. The molecule has 2 aromatic carbocycles. The van der Waals surface area contributed by atoms with Gasteiger partial charge in [-0.25, -0.2) is 0 Å². The molecule has 0 saturated carbocycles. The van der Waals surface area contributed by atoms with Crippen LogP contribution in [0.25, 0.3) is 11.1 Å². The molecule has 0 N–H and O–H groups in total. The lowest BCUT2D eigenvalue weighted by Crippen LogP contribution is -1.92. The van der Waals surface area contributed by atoms with Gasteiger partial charge in [-0.1, -0.05) is 30.3 Å². The van der Waals surface area contributed by atoms with Gasteiger partial charge in [0.25, 0.3) is 0 Å². The molecule has 17 heavy (non-hydrogen) atoms. The van der Waals surface area contributed by atoms with E-state index in [0.29, 0.717) is 11.3 Å². The van der Waals surface area contributed by atoms with Crippen LogP contribution < -0.4 is 4.74 Å². The molecule has 0 saturated heterocycles. The van der Waals surface area contributed by atoms with E-state index in [9.17, 15) is 0 Å². The van der Waals surface area contributed by atoms with E-state index < -0.39 is 0 Å². The van der Waals surface area contributed by atoms with Crippen LogP contribution in [0.15, 0.2) is 42.5 Å². The number of ether oxygens (including phenoxy) is 1. The summed E-state index contributed by atoms with van der Waals surface area (Å²) in [5, 5.41) is 9.12. The predicted octanol–water partition coefficient (Wildman–Crippen LogP) is 3.54. The molecule has 0 spiro atoms. The predicted molar refractivity (Wildman–Crippen MR) is 67.9 cm³/mol. The highest BCUT2D eigenvalue weighted by atomic mass is 16.5. The van der Waals surface area contributed by atoms with Crippen LogP contribution in [-0.2, 0) is 0 Å². The van der Waals surface area contributed by atoms with E-state index in [-0.39, 0.29) is 0 Å². The van der Waals surface area contributed by atoms with E-state index in [4.69, 9.17) is 10.00 Å². The molecule has 2 rings (SSSR count). The Morgan fingerprint density at radius 3 is 2.35 bits per heavy atom. The molecule has 0 aliphatic carbocycles. The SMILES string of the molecule is COc1c(C)cc(-c2ccccc2)cc1C#N. The summed E-state index contributed by atoms with van der Waals surface area (Å²) in [6.45, 7) is 1.95. The number of methoxy groups -OCH3 is 1. The van der Waals surface area contributed by atoms with Crippen molar-refractivity contribution in [1.82, 2.24) is 0 Å². The highest BCUT2D eigenvalue weighted by molar-refractivity contribution is 5.69. The smallest absolute Gasteiger partial charge is 0.139 e. The van der Waals surface area contributed by atoms with Crippen molar-refractivity contribution in [3.63, 3.8) is 0 Å². The number of hydrogen-bond donors (Lipinski definition) is 0. The molecular weight excluding hydrogens is 210 g/mol. The number of benzene rings is 2. The Hall–Kier alpha value is -2.27. The molecule has 2 nitrogen and oxygen atoms in total. The van der Waals surface area contributed by atoms with Crippen LogP contribution in [0.4, 0.5) is 0 Å². The van der Waals surface area contributed by atoms with Crippen molar-refractivity contribution < 1.29 is 4.74 Å². The average Bonchev–Trinajstić information content (AvgIpc) is 2.38. The van der Waals surface area contributed by atoms with Crippen LogP contribution in [0.3, 0.4) is 0 Å². The maximum atomic E-state index is 9.12. The highest BCUT2D eigenvalue weighted by Gasteiger charge is 2.09. The number of nitrogens with zero attached hydrogens (tertiary/aromatic N) is 1. The van der Waals surface area contributed by atoms with Crippen molar-refractivity contribution >= 4 is 0 Å². The van der Waals surface area contributed by atoms with Gasteiger partial charge in [0.1, 0.15) is 11.8 Å². The minimum atomic E-state index is 0.575. The van der Waals surface area contributed by atoms with E-state index in [2.05, 4.69) is 6.07 Å². The van der Waals surface area contributed by atoms with Gasteiger partial charge in [0.2, 0.25) is 0 Å². The van der Waals surface area contributed by atoms with E-state index in [1.165, 1.54) is 0 Å². The van der Waals surface area contributed by atoms with Gasteiger partial charge in [-0.3, -0.25) is 0 Å². The molecule has 0 atom stereocenters. The number of rotatable bonds is 2. The summed E-state index contributed by atoms with van der Waals surface area (Å²) in [5.41, 5.74) is 3.70. The average molecular weight is 223 g/mol. The summed E-state index contributed by atoms with van der Waals surface area (Å²) in [5.74, 6) is 0.659. The van der Waals surface area contributed by atoms with Crippen LogP contribution in [0.1, 0.15) is 11.1 Å². The molecule has 0 amide bonds. The molecule has 0 unspecified atom stereocenters. The maximum Gasteiger partial charge on any atom is 0.139 e. The van der Waals surface area contributed by atoms with Gasteiger partial charge < -0.3 is 4.74 Å². The minimum Gasteiger partial charge on any atom is -0.495 e. The second kappa shape index (κ2) is 4.71. The lowest BCUT2D eigenvalue weighted by atomic mass is 10.00. The molecule has 2 heteroatoms. The van der Waals surface area contributed by atoms with Gasteiger partial charge in [-0.2, -0.15) is 5.26 Å². The van der Waals surface area contributed by atoms with Crippen LogP contribution in [-0.4, -0.2) is 7.11 Å². The standard InChI is InChI=1S/C15H13NO/c1-11-8-13(12-6-4-3-5-7-12)9-14(10-16)15(11)17-2/h3-9H,1-2H3. The first kappa shape index (κ1) is 11.2. The van der Waals surface area contributed by atoms with Gasteiger partial charge in [-0.15, -0.1) is 0 Å². The summed E-state index contributed by atoms with van der Waals surface area (Å²) >= 11 is 0. The Kier molecular flexibility index (Phi) is 3.11. The first-order valence-electron chi connectivity index (χ1n) is 5.40. The molecule has 84 valence electrons. The van der Waals surface area contributed by atoms with E-state index in [1.54, 1.807) is 7.11 Å². The molecular formula is C15H13NO. The van der Waals surface area contributed by atoms with Gasteiger partial charge >= 0.3 is 0 Å².